The zero-order valence-corrected chi connectivity index (χ0v) is 23.5. The molecule has 2 heterocycles. The van der Waals surface area contributed by atoms with Gasteiger partial charge in [0.2, 0.25) is 11.8 Å². The van der Waals surface area contributed by atoms with Crippen LogP contribution in [-0.4, -0.2) is 58.9 Å². The average molecular weight is 594 g/mol. The first-order valence-corrected chi connectivity index (χ1v) is 13.5. The van der Waals surface area contributed by atoms with E-state index in [2.05, 4.69) is 5.32 Å². The molecule has 1 aliphatic heterocycles. The lowest BCUT2D eigenvalue weighted by Gasteiger charge is -2.24. The maximum Gasteiger partial charge on any atom is 0.337 e. The van der Waals surface area contributed by atoms with Crippen LogP contribution >= 0.6 is 11.6 Å². The summed E-state index contributed by atoms with van der Waals surface area (Å²) in [6.45, 7) is 0.749. The number of carbonyl (C=O) groups excluding carboxylic acids is 4. The van der Waals surface area contributed by atoms with Crippen molar-refractivity contribution in [3.05, 3.63) is 88.8 Å². The Morgan fingerprint density at radius 3 is 2.50 bits per heavy atom. The summed E-state index contributed by atoms with van der Waals surface area (Å²) >= 11 is 6.23. The number of methoxy groups -OCH3 is 1. The van der Waals surface area contributed by atoms with Crippen molar-refractivity contribution in [2.45, 2.75) is 32.1 Å². The number of aromatic nitrogens is 1. The van der Waals surface area contributed by atoms with Crippen molar-refractivity contribution in [2.24, 2.45) is 0 Å². The molecule has 216 valence electrons. The third-order valence-corrected chi connectivity index (χ3v) is 7.61. The standard InChI is InChI=1S/C31H26ClF2N3O5/c1-17(38)23-15-36(26-11-10-18(12-22(23)26)31(41)42-2)16-28(39)37-14-19(33)13-27(37)30(40)35-25-9-5-7-21(29(25)34)20-6-3-4-8-24(20)32/h3-12,15,19,27H,13-14,16H2,1-2H3,(H,35,40)/t19-,27+/m1/s1. The van der Waals surface area contributed by atoms with Gasteiger partial charge in [-0.3, -0.25) is 14.4 Å². The number of benzene rings is 3. The molecule has 0 spiro atoms. The van der Waals surface area contributed by atoms with Crippen LogP contribution in [0.4, 0.5) is 14.5 Å². The number of fused-ring (bicyclic) bond motifs is 1. The Labute approximate surface area is 244 Å². The number of anilines is 1. The molecule has 42 heavy (non-hydrogen) atoms. The lowest BCUT2D eigenvalue weighted by Crippen LogP contribution is -2.44. The van der Waals surface area contributed by atoms with Gasteiger partial charge < -0.3 is 19.5 Å². The van der Waals surface area contributed by atoms with E-state index in [1.54, 1.807) is 36.4 Å². The van der Waals surface area contributed by atoms with Gasteiger partial charge in [-0.25, -0.2) is 13.6 Å². The molecule has 0 unspecified atom stereocenters. The van der Waals surface area contributed by atoms with Crippen molar-refractivity contribution < 1.29 is 32.7 Å². The van der Waals surface area contributed by atoms with E-state index in [9.17, 15) is 23.6 Å². The largest absolute Gasteiger partial charge is 0.465 e. The molecule has 0 saturated carbocycles. The van der Waals surface area contributed by atoms with Crippen LogP contribution < -0.4 is 5.32 Å². The Hall–Kier alpha value is -4.57. The van der Waals surface area contributed by atoms with Gasteiger partial charge in [0.15, 0.2) is 11.6 Å². The molecule has 0 radical (unpaired) electrons. The number of rotatable bonds is 7. The highest BCUT2D eigenvalue weighted by atomic mass is 35.5. The van der Waals surface area contributed by atoms with Crippen LogP contribution in [0.5, 0.6) is 0 Å². The van der Waals surface area contributed by atoms with Crippen molar-refractivity contribution in [1.29, 1.82) is 0 Å². The molecule has 8 nitrogen and oxygen atoms in total. The van der Waals surface area contributed by atoms with Gasteiger partial charge in [0.05, 0.1) is 24.9 Å². The van der Waals surface area contributed by atoms with Crippen LogP contribution in [-0.2, 0) is 20.9 Å². The summed E-state index contributed by atoms with van der Waals surface area (Å²) in [7, 11) is 1.24. The first-order valence-electron chi connectivity index (χ1n) is 13.1. The summed E-state index contributed by atoms with van der Waals surface area (Å²) in [5.74, 6) is -2.87. The Bertz CT molecular complexity index is 1740. The van der Waals surface area contributed by atoms with E-state index in [1.807, 2.05) is 0 Å². The summed E-state index contributed by atoms with van der Waals surface area (Å²) in [5, 5.41) is 3.29. The maximum atomic E-state index is 15.4. The van der Waals surface area contributed by atoms with Gasteiger partial charge in [-0.15, -0.1) is 0 Å². The summed E-state index contributed by atoms with van der Waals surface area (Å²) < 4.78 is 36.3. The van der Waals surface area contributed by atoms with Crippen molar-refractivity contribution in [3.8, 4) is 11.1 Å². The predicted octanol–water partition coefficient (Wildman–Crippen LogP) is 5.67. The van der Waals surface area contributed by atoms with Gasteiger partial charge in [0.1, 0.15) is 18.8 Å². The molecule has 1 fully saturated rings. The number of hydrogen-bond acceptors (Lipinski definition) is 5. The molecule has 3 aromatic carbocycles. The maximum absolute atomic E-state index is 15.4. The number of halogens is 3. The number of Topliss-reactive ketones (excluding diaryl/α,β-unsaturated/α-hetero) is 1. The topological polar surface area (TPSA) is 97.7 Å². The molecule has 1 aromatic heterocycles. The van der Waals surface area contributed by atoms with Crippen molar-refractivity contribution >= 4 is 51.8 Å². The second-order valence-electron chi connectivity index (χ2n) is 9.98. The zero-order valence-electron chi connectivity index (χ0n) is 22.7. The highest BCUT2D eigenvalue weighted by molar-refractivity contribution is 6.33. The molecule has 4 aromatic rings. The van der Waals surface area contributed by atoms with E-state index in [-0.39, 0.29) is 47.7 Å². The Morgan fingerprint density at radius 2 is 1.79 bits per heavy atom. The number of carbonyl (C=O) groups is 4. The Morgan fingerprint density at radius 1 is 1.05 bits per heavy atom. The Kier molecular flexibility index (Phi) is 8.08. The average Bonchev–Trinajstić information content (AvgIpc) is 3.54. The van der Waals surface area contributed by atoms with Crippen LogP contribution in [0.3, 0.4) is 0 Å². The number of esters is 1. The van der Waals surface area contributed by atoms with Crippen LogP contribution in [0.1, 0.15) is 34.1 Å². The van der Waals surface area contributed by atoms with Crippen molar-refractivity contribution in [3.63, 3.8) is 0 Å². The fourth-order valence-electron chi connectivity index (χ4n) is 5.23. The van der Waals surface area contributed by atoms with Gasteiger partial charge >= 0.3 is 5.97 Å². The number of nitrogens with zero attached hydrogens (tertiary/aromatic N) is 2. The fourth-order valence-corrected chi connectivity index (χ4v) is 5.47. The van der Waals surface area contributed by atoms with E-state index in [0.29, 0.717) is 21.5 Å². The SMILES string of the molecule is COC(=O)c1ccc2c(c1)c(C(C)=O)cn2CC(=O)N1C[C@H](F)C[C@H]1C(=O)Nc1cccc(-c2ccccc2Cl)c1F. The monoisotopic (exact) mass is 593 g/mol. The molecule has 2 atom stereocenters. The molecule has 2 amide bonds. The van der Waals surface area contributed by atoms with Gasteiger partial charge in [0, 0.05) is 45.2 Å². The lowest BCUT2D eigenvalue weighted by atomic mass is 10.0. The molecule has 0 aliphatic carbocycles. The van der Waals surface area contributed by atoms with E-state index in [1.165, 1.54) is 49.1 Å². The third kappa shape index (κ3) is 5.49. The predicted molar refractivity (Wildman–Crippen MR) is 154 cm³/mol. The molecule has 1 N–H and O–H groups in total. The number of alkyl halides is 1. The summed E-state index contributed by atoms with van der Waals surface area (Å²) in [5.41, 5.74) is 1.51. The minimum absolute atomic E-state index is 0.129. The molecule has 1 saturated heterocycles. The van der Waals surface area contributed by atoms with E-state index in [0.717, 1.165) is 4.90 Å². The zero-order chi connectivity index (χ0) is 30.1. The molecule has 0 bridgehead atoms. The van der Waals surface area contributed by atoms with E-state index >= 15 is 4.39 Å². The third-order valence-electron chi connectivity index (χ3n) is 7.28. The Balaban J connectivity index is 1.39. The molecule has 1 aliphatic rings. The first-order chi connectivity index (χ1) is 20.1. The number of likely N-dealkylation sites (tertiary alicyclic amines) is 1. The number of hydrogen-bond donors (Lipinski definition) is 1. The van der Waals surface area contributed by atoms with Crippen LogP contribution in [0, 0.1) is 5.82 Å². The summed E-state index contributed by atoms with van der Waals surface area (Å²) in [6, 6.07) is 14.6. The first kappa shape index (κ1) is 28.9. The summed E-state index contributed by atoms with van der Waals surface area (Å²) in [6.07, 6.45) is -0.225. The smallest absolute Gasteiger partial charge is 0.337 e. The minimum Gasteiger partial charge on any atom is -0.465 e. The normalized spacial score (nSPS) is 16.5. The second kappa shape index (κ2) is 11.7. The number of ketones is 1. The minimum atomic E-state index is -1.46. The van der Waals surface area contributed by atoms with Gasteiger partial charge in [-0.2, -0.15) is 0 Å². The fraction of sp³-hybridized carbons (Fsp3) is 0.226. The lowest BCUT2D eigenvalue weighted by molar-refractivity contribution is -0.137. The molecule has 11 heteroatoms. The van der Waals surface area contributed by atoms with Crippen molar-refractivity contribution in [1.82, 2.24) is 9.47 Å². The van der Waals surface area contributed by atoms with Crippen molar-refractivity contribution in [2.75, 3.05) is 19.0 Å². The van der Waals surface area contributed by atoms with Crippen LogP contribution in [0.15, 0.2) is 66.9 Å². The van der Waals surface area contributed by atoms with Gasteiger partial charge in [-0.05, 0) is 37.3 Å². The second-order valence-corrected chi connectivity index (χ2v) is 10.4. The van der Waals surface area contributed by atoms with Crippen LogP contribution in [0.25, 0.3) is 22.0 Å². The summed E-state index contributed by atoms with van der Waals surface area (Å²) in [4.78, 5) is 52.1. The molecular formula is C31H26ClF2N3O5. The van der Waals surface area contributed by atoms with Crippen LogP contribution in [0.2, 0.25) is 5.02 Å². The van der Waals surface area contributed by atoms with E-state index in [4.69, 9.17) is 16.3 Å². The number of amides is 2. The number of ether oxygens (including phenoxy) is 1. The number of nitrogens with one attached hydrogen (secondary N) is 1. The highest BCUT2D eigenvalue weighted by Gasteiger charge is 2.40. The van der Waals surface area contributed by atoms with E-state index < -0.39 is 35.8 Å². The highest BCUT2D eigenvalue weighted by Crippen LogP contribution is 2.33. The van der Waals surface area contributed by atoms with Gasteiger partial charge in [0.25, 0.3) is 0 Å². The molecule has 5 rings (SSSR count). The quantitative estimate of drug-likeness (QED) is 0.220. The molecular weight excluding hydrogens is 568 g/mol. The van der Waals surface area contributed by atoms with Gasteiger partial charge in [-0.1, -0.05) is 41.9 Å².